The fourth-order valence-electron chi connectivity index (χ4n) is 3.01. The molecule has 10 nitrogen and oxygen atoms in total. The lowest BCUT2D eigenvalue weighted by Gasteiger charge is -2.11. The second-order valence-electron chi connectivity index (χ2n) is 6.80. The molecule has 0 aliphatic carbocycles. The van der Waals surface area contributed by atoms with Crippen molar-refractivity contribution in [3.8, 4) is 17.1 Å². The van der Waals surface area contributed by atoms with Gasteiger partial charge in [-0.1, -0.05) is 36.4 Å². The Balaban J connectivity index is 1.52. The number of amides is 2. The molecule has 2 heterocycles. The van der Waals surface area contributed by atoms with E-state index >= 15 is 0 Å². The molecule has 160 valence electrons. The van der Waals surface area contributed by atoms with E-state index in [1.165, 1.54) is 21.6 Å². The van der Waals surface area contributed by atoms with Gasteiger partial charge in [0, 0.05) is 11.8 Å². The fraction of sp³-hybridized carbons (Fsp3) is 0.0455. The van der Waals surface area contributed by atoms with Crippen molar-refractivity contribution in [1.29, 1.82) is 0 Å². The first-order chi connectivity index (χ1) is 15.4. The monoisotopic (exact) mass is 430 g/mol. The summed E-state index contributed by atoms with van der Waals surface area (Å²) >= 11 is 0. The van der Waals surface area contributed by atoms with Gasteiger partial charge in [-0.15, -0.1) is 0 Å². The van der Waals surface area contributed by atoms with Crippen LogP contribution in [0.25, 0.3) is 11.4 Å². The van der Waals surface area contributed by atoms with Crippen LogP contribution in [0, 0.1) is 6.92 Å². The summed E-state index contributed by atoms with van der Waals surface area (Å²) in [5.41, 5.74) is 4.82. The van der Waals surface area contributed by atoms with Crippen LogP contribution in [-0.4, -0.2) is 36.5 Å². The van der Waals surface area contributed by atoms with Crippen LogP contribution < -0.4 is 16.3 Å². The molecule has 4 rings (SSSR count). The zero-order valence-corrected chi connectivity index (χ0v) is 16.9. The SMILES string of the molecule is Cc1cc(=O)c(C(=O)NNC(=O)c2nn(-c3ccccc3)cc2O)nn1-c1ccccc1. The highest BCUT2D eigenvalue weighted by Gasteiger charge is 2.20. The van der Waals surface area contributed by atoms with Crippen molar-refractivity contribution in [3.05, 3.63) is 100 Å². The number of hydrogen-bond acceptors (Lipinski definition) is 6. The summed E-state index contributed by atoms with van der Waals surface area (Å²) < 4.78 is 2.78. The molecule has 32 heavy (non-hydrogen) atoms. The summed E-state index contributed by atoms with van der Waals surface area (Å²) in [7, 11) is 0. The molecule has 0 radical (unpaired) electrons. The Kier molecular flexibility index (Phi) is 5.49. The van der Waals surface area contributed by atoms with E-state index in [0.717, 1.165) is 0 Å². The van der Waals surface area contributed by atoms with Gasteiger partial charge in [0.25, 0.3) is 11.8 Å². The average molecular weight is 430 g/mol. The van der Waals surface area contributed by atoms with Gasteiger partial charge in [0.05, 0.1) is 17.6 Å². The lowest BCUT2D eigenvalue weighted by atomic mass is 10.3. The van der Waals surface area contributed by atoms with Crippen molar-refractivity contribution in [2.75, 3.05) is 0 Å². The zero-order valence-electron chi connectivity index (χ0n) is 16.9. The van der Waals surface area contributed by atoms with Crippen molar-refractivity contribution >= 4 is 11.8 Å². The lowest BCUT2D eigenvalue weighted by Crippen LogP contribution is -2.44. The average Bonchev–Trinajstić information content (AvgIpc) is 3.20. The third kappa shape index (κ3) is 4.10. The number of carbonyl (C=O) groups excluding carboxylic acids is 2. The van der Waals surface area contributed by atoms with Crippen LogP contribution in [0.4, 0.5) is 0 Å². The number of aromatic hydroxyl groups is 1. The molecule has 4 aromatic rings. The summed E-state index contributed by atoms with van der Waals surface area (Å²) in [4.78, 5) is 37.2. The molecule has 3 N–H and O–H groups in total. The topological polar surface area (TPSA) is 131 Å². The van der Waals surface area contributed by atoms with Crippen LogP contribution in [0.5, 0.6) is 5.75 Å². The molecular weight excluding hydrogens is 412 g/mol. The number of hydrogen-bond donors (Lipinski definition) is 3. The molecule has 2 amide bonds. The Hall–Kier alpha value is -4.73. The van der Waals surface area contributed by atoms with Crippen LogP contribution in [0.3, 0.4) is 0 Å². The van der Waals surface area contributed by atoms with E-state index in [-0.39, 0.29) is 11.4 Å². The number of para-hydroxylation sites is 2. The number of aromatic nitrogens is 4. The van der Waals surface area contributed by atoms with E-state index in [1.54, 1.807) is 55.5 Å². The highest BCUT2D eigenvalue weighted by molar-refractivity contribution is 5.98. The molecule has 0 aliphatic heterocycles. The van der Waals surface area contributed by atoms with Crippen LogP contribution in [0.1, 0.15) is 26.7 Å². The fourth-order valence-corrected chi connectivity index (χ4v) is 3.01. The summed E-state index contributed by atoms with van der Waals surface area (Å²) in [6.45, 7) is 1.69. The maximum absolute atomic E-state index is 12.5. The van der Waals surface area contributed by atoms with Crippen LogP contribution in [0.15, 0.2) is 77.7 Å². The van der Waals surface area contributed by atoms with Crippen molar-refractivity contribution in [2.24, 2.45) is 0 Å². The predicted octanol–water partition coefficient (Wildman–Crippen LogP) is 1.51. The van der Waals surface area contributed by atoms with Gasteiger partial charge < -0.3 is 5.11 Å². The second kappa shape index (κ2) is 8.56. The number of nitrogens with zero attached hydrogens (tertiary/aromatic N) is 4. The number of nitrogens with one attached hydrogen (secondary N) is 2. The number of hydrazine groups is 1. The molecule has 0 saturated carbocycles. The highest BCUT2D eigenvalue weighted by Crippen LogP contribution is 2.17. The van der Waals surface area contributed by atoms with Gasteiger partial charge in [0.2, 0.25) is 5.43 Å². The van der Waals surface area contributed by atoms with E-state index in [9.17, 15) is 19.5 Å². The quantitative estimate of drug-likeness (QED) is 0.421. The molecule has 0 aliphatic rings. The summed E-state index contributed by atoms with van der Waals surface area (Å²) in [6.07, 6.45) is 1.27. The number of carbonyl (C=O) groups is 2. The minimum absolute atomic E-state index is 0.298. The molecule has 0 unspecified atom stereocenters. The van der Waals surface area contributed by atoms with E-state index < -0.39 is 22.9 Å². The standard InChI is InChI=1S/C22H18N6O4/c1-14-12-17(29)19(26-28(14)16-10-6-3-7-11-16)21(31)23-24-22(32)20-18(30)13-27(25-20)15-8-4-2-5-9-15/h2-13,30H,1H3,(H,23,31)(H,24,32). The van der Waals surface area contributed by atoms with E-state index in [1.807, 2.05) is 12.1 Å². The van der Waals surface area contributed by atoms with Gasteiger partial charge in [-0.05, 0) is 31.2 Å². The maximum atomic E-state index is 12.5. The van der Waals surface area contributed by atoms with Crippen molar-refractivity contribution < 1.29 is 14.7 Å². The molecule has 2 aromatic carbocycles. The molecule has 0 atom stereocenters. The third-order valence-electron chi connectivity index (χ3n) is 4.54. The summed E-state index contributed by atoms with van der Waals surface area (Å²) in [5.74, 6) is -2.14. The molecular formula is C22H18N6O4. The van der Waals surface area contributed by atoms with Gasteiger partial charge >= 0.3 is 0 Å². The number of rotatable bonds is 4. The Morgan fingerprint density at radius 3 is 2.03 bits per heavy atom. The summed E-state index contributed by atoms with van der Waals surface area (Å²) in [6, 6.07) is 19.2. The number of aryl methyl sites for hydroxylation is 1. The van der Waals surface area contributed by atoms with Gasteiger partial charge in [-0.3, -0.25) is 25.2 Å². The van der Waals surface area contributed by atoms with Gasteiger partial charge in [0.1, 0.15) is 0 Å². The normalized spacial score (nSPS) is 10.5. The minimum Gasteiger partial charge on any atom is -0.504 e. The van der Waals surface area contributed by atoms with Crippen LogP contribution >= 0.6 is 0 Å². The number of benzene rings is 2. The molecule has 0 spiro atoms. The summed E-state index contributed by atoms with van der Waals surface area (Å²) in [5, 5.41) is 18.2. The Morgan fingerprint density at radius 2 is 1.41 bits per heavy atom. The largest absolute Gasteiger partial charge is 0.504 e. The first-order valence-corrected chi connectivity index (χ1v) is 9.55. The van der Waals surface area contributed by atoms with E-state index in [0.29, 0.717) is 17.1 Å². The molecule has 0 fully saturated rings. The van der Waals surface area contributed by atoms with Crippen molar-refractivity contribution in [1.82, 2.24) is 30.4 Å². The Morgan fingerprint density at radius 1 is 0.844 bits per heavy atom. The van der Waals surface area contributed by atoms with Crippen molar-refractivity contribution in [2.45, 2.75) is 6.92 Å². The van der Waals surface area contributed by atoms with Crippen LogP contribution in [-0.2, 0) is 0 Å². The van der Waals surface area contributed by atoms with Gasteiger partial charge in [0.15, 0.2) is 17.1 Å². The molecule has 10 heteroatoms. The highest BCUT2D eigenvalue weighted by atomic mass is 16.3. The zero-order chi connectivity index (χ0) is 22.7. The second-order valence-corrected chi connectivity index (χ2v) is 6.80. The molecule has 2 aromatic heterocycles. The predicted molar refractivity (Wildman–Crippen MR) is 115 cm³/mol. The van der Waals surface area contributed by atoms with Gasteiger partial charge in [-0.2, -0.15) is 10.2 Å². The molecule has 0 bridgehead atoms. The smallest absolute Gasteiger partial charge is 0.294 e. The molecule has 0 saturated heterocycles. The first kappa shape index (κ1) is 20.5. The van der Waals surface area contributed by atoms with E-state index in [2.05, 4.69) is 21.0 Å². The first-order valence-electron chi connectivity index (χ1n) is 9.55. The Bertz CT molecular complexity index is 1350. The maximum Gasteiger partial charge on any atom is 0.294 e. The van der Waals surface area contributed by atoms with Crippen LogP contribution in [0.2, 0.25) is 0 Å². The van der Waals surface area contributed by atoms with E-state index in [4.69, 9.17) is 0 Å². The minimum atomic E-state index is -0.907. The van der Waals surface area contributed by atoms with Crippen molar-refractivity contribution in [3.63, 3.8) is 0 Å². The van der Waals surface area contributed by atoms with Gasteiger partial charge in [-0.25, -0.2) is 9.36 Å². The lowest BCUT2D eigenvalue weighted by molar-refractivity contribution is 0.0837. The third-order valence-corrected chi connectivity index (χ3v) is 4.54. The Labute approximate surface area is 181 Å².